The van der Waals surface area contributed by atoms with Crippen LogP contribution in [0.3, 0.4) is 0 Å². The molecule has 0 atom stereocenters. The average Bonchev–Trinajstić information content (AvgIpc) is 2.60. The van der Waals surface area contributed by atoms with Gasteiger partial charge >= 0.3 is 0 Å². The zero-order chi connectivity index (χ0) is 17.4. The van der Waals surface area contributed by atoms with Gasteiger partial charge in [-0.1, -0.05) is 18.2 Å². The Morgan fingerprint density at radius 2 is 2.00 bits per heavy atom. The number of carbonyl (C=O) groups is 1. The number of nitrogens with zero attached hydrogens (tertiary/aromatic N) is 1. The third kappa shape index (κ3) is 5.23. The highest BCUT2D eigenvalue weighted by atomic mass is 32.1. The molecule has 0 spiro atoms. The Kier molecular flexibility index (Phi) is 6.06. The number of anilines is 1. The first kappa shape index (κ1) is 17.2. The molecule has 2 aromatic carbocycles. The Hall–Kier alpha value is -3.17. The van der Waals surface area contributed by atoms with Gasteiger partial charge in [-0.2, -0.15) is 5.26 Å². The molecule has 120 valence electrons. The highest BCUT2D eigenvalue weighted by molar-refractivity contribution is 7.80. The van der Waals surface area contributed by atoms with Gasteiger partial charge in [0.05, 0.1) is 18.7 Å². The predicted octanol–water partition coefficient (Wildman–Crippen LogP) is 3.09. The molecule has 0 fully saturated rings. The van der Waals surface area contributed by atoms with E-state index in [1.807, 2.05) is 30.3 Å². The number of hydrogen-bond donors (Lipinski definition) is 2. The second-order valence-electron chi connectivity index (χ2n) is 4.74. The van der Waals surface area contributed by atoms with Crippen molar-refractivity contribution in [1.29, 1.82) is 5.26 Å². The lowest BCUT2D eigenvalue weighted by atomic mass is 10.2. The summed E-state index contributed by atoms with van der Waals surface area (Å²) in [6, 6.07) is 16.2. The van der Waals surface area contributed by atoms with E-state index in [1.54, 1.807) is 37.5 Å². The molecular formula is C18H15N3O2S. The molecule has 0 aliphatic heterocycles. The van der Waals surface area contributed by atoms with E-state index in [9.17, 15) is 4.79 Å². The van der Waals surface area contributed by atoms with Crippen molar-refractivity contribution in [2.75, 3.05) is 12.4 Å². The summed E-state index contributed by atoms with van der Waals surface area (Å²) in [4.78, 5) is 11.9. The lowest BCUT2D eigenvalue weighted by Crippen LogP contribution is -2.32. The summed E-state index contributed by atoms with van der Waals surface area (Å²) >= 11 is 5.08. The van der Waals surface area contributed by atoms with E-state index in [2.05, 4.69) is 10.6 Å². The lowest BCUT2D eigenvalue weighted by molar-refractivity contribution is -0.115. The minimum absolute atomic E-state index is 0.162. The van der Waals surface area contributed by atoms with Crippen molar-refractivity contribution in [3.05, 3.63) is 65.7 Å². The van der Waals surface area contributed by atoms with Crippen molar-refractivity contribution in [3.8, 4) is 11.8 Å². The van der Waals surface area contributed by atoms with Crippen molar-refractivity contribution < 1.29 is 9.53 Å². The lowest BCUT2D eigenvalue weighted by Gasteiger charge is -2.08. The van der Waals surface area contributed by atoms with E-state index in [0.29, 0.717) is 11.3 Å². The summed E-state index contributed by atoms with van der Waals surface area (Å²) in [7, 11) is 1.60. The van der Waals surface area contributed by atoms with E-state index in [0.717, 1.165) is 11.3 Å². The van der Waals surface area contributed by atoms with Crippen LogP contribution in [0.5, 0.6) is 5.75 Å². The number of ether oxygens (including phenoxy) is 1. The molecule has 0 saturated carbocycles. The minimum Gasteiger partial charge on any atom is -0.497 e. The summed E-state index contributed by atoms with van der Waals surface area (Å²) in [5.74, 6) is 0.404. The van der Waals surface area contributed by atoms with Gasteiger partial charge < -0.3 is 10.1 Å². The highest BCUT2D eigenvalue weighted by Crippen LogP contribution is 2.12. The Labute approximate surface area is 145 Å². The number of carbonyl (C=O) groups excluding carboxylic acids is 1. The van der Waals surface area contributed by atoms with Gasteiger partial charge in [-0.05, 0) is 54.2 Å². The fourth-order valence-corrected chi connectivity index (χ4v) is 2.09. The number of hydrogen-bond acceptors (Lipinski definition) is 4. The smallest absolute Gasteiger partial charge is 0.250 e. The van der Waals surface area contributed by atoms with Gasteiger partial charge in [0, 0.05) is 11.8 Å². The third-order valence-corrected chi connectivity index (χ3v) is 3.23. The summed E-state index contributed by atoms with van der Waals surface area (Å²) in [5.41, 5.74) is 2.01. The van der Waals surface area contributed by atoms with E-state index in [1.165, 1.54) is 6.08 Å². The molecule has 2 aromatic rings. The SMILES string of the molecule is COc1ccc(C=CC(=O)NC(=S)Nc2cccc(C#N)c2)cc1. The average molecular weight is 337 g/mol. The van der Waals surface area contributed by atoms with Crippen LogP contribution in [-0.2, 0) is 4.79 Å². The maximum absolute atomic E-state index is 11.9. The zero-order valence-electron chi connectivity index (χ0n) is 12.9. The van der Waals surface area contributed by atoms with Crippen LogP contribution in [0.15, 0.2) is 54.6 Å². The number of nitriles is 1. The number of thiocarbonyl (C=S) groups is 1. The summed E-state index contributed by atoms with van der Waals surface area (Å²) < 4.78 is 5.07. The van der Waals surface area contributed by atoms with Crippen LogP contribution in [0.25, 0.3) is 6.08 Å². The molecule has 0 bridgehead atoms. The molecule has 2 N–H and O–H groups in total. The van der Waals surface area contributed by atoms with Crippen LogP contribution >= 0.6 is 12.2 Å². The first-order valence-corrected chi connectivity index (χ1v) is 7.46. The van der Waals surface area contributed by atoms with Gasteiger partial charge in [-0.3, -0.25) is 10.1 Å². The van der Waals surface area contributed by atoms with E-state index < -0.39 is 0 Å². The monoisotopic (exact) mass is 337 g/mol. The zero-order valence-corrected chi connectivity index (χ0v) is 13.8. The molecule has 0 radical (unpaired) electrons. The molecule has 0 aliphatic carbocycles. The minimum atomic E-state index is -0.347. The van der Waals surface area contributed by atoms with Crippen LogP contribution in [0.4, 0.5) is 5.69 Å². The number of methoxy groups -OCH3 is 1. The molecule has 6 heteroatoms. The van der Waals surface area contributed by atoms with Gasteiger partial charge in [-0.15, -0.1) is 0 Å². The standard InChI is InChI=1S/C18H15N3O2S/c1-23-16-8-5-13(6-9-16)7-10-17(22)21-18(24)20-15-4-2-3-14(11-15)12-19/h2-11H,1H3,(H2,20,21,22,24). The van der Waals surface area contributed by atoms with Gasteiger partial charge in [0.2, 0.25) is 5.91 Å². The van der Waals surface area contributed by atoms with Crippen LogP contribution < -0.4 is 15.4 Å². The largest absolute Gasteiger partial charge is 0.497 e. The Morgan fingerprint density at radius 3 is 2.67 bits per heavy atom. The number of rotatable bonds is 4. The second-order valence-corrected chi connectivity index (χ2v) is 5.15. The Balaban J connectivity index is 1.89. The van der Waals surface area contributed by atoms with Crippen molar-refractivity contribution in [3.63, 3.8) is 0 Å². The van der Waals surface area contributed by atoms with E-state index >= 15 is 0 Å². The summed E-state index contributed by atoms with van der Waals surface area (Å²) in [6.07, 6.45) is 3.06. The molecule has 24 heavy (non-hydrogen) atoms. The normalized spacial score (nSPS) is 10.0. The molecule has 1 amide bonds. The molecule has 0 saturated heterocycles. The number of nitrogens with one attached hydrogen (secondary N) is 2. The van der Waals surface area contributed by atoms with Gasteiger partial charge in [0.15, 0.2) is 5.11 Å². The summed E-state index contributed by atoms with van der Waals surface area (Å²) in [6.45, 7) is 0. The fraction of sp³-hybridized carbons (Fsp3) is 0.0556. The number of benzene rings is 2. The Bertz CT molecular complexity index is 808. The van der Waals surface area contributed by atoms with Crippen molar-refractivity contribution >= 4 is 35.0 Å². The van der Waals surface area contributed by atoms with E-state index in [4.69, 9.17) is 22.2 Å². The van der Waals surface area contributed by atoms with Gasteiger partial charge in [0.1, 0.15) is 5.75 Å². The summed E-state index contributed by atoms with van der Waals surface area (Å²) in [5, 5.41) is 14.4. The second kappa shape index (κ2) is 8.46. The van der Waals surface area contributed by atoms with Crippen LogP contribution in [0, 0.1) is 11.3 Å². The maximum Gasteiger partial charge on any atom is 0.250 e. The highest BCUT2D eigenvalue weighted by Gasteiger charge is 2.02. The quantitative estimate of drug-likeness (QED) is 0.662. The molecule has 2 rings (SSSR count). The molecule has 0 unspecified atom stereocenters. The van der Waals surface area contributed by atoms with Crippen LogP contribution in [0.2, 0.25) is 0 Å². The predicted molar refractivity (Wildman–Crippen MR) is 97.5 cm³/mol. The van der Waals surface area contributed by atoms with Gasteiger partial charge in [-0.25, -0.2) is 0 Å². The van der Waals surface area contributed by atoms with Crippen molar-refractivity contribution in [1.82, 2.24) is 5.32 Å². The van der Waals surface area contributed by atoms with Gasteiger partial charge in [0.25, 0.3) is 0 Å². The van der Waals surface area contributed by atoms with E-state index in [-0.39, 0.29) is 11.0 Å². The third-order valence-electron chi connectivity index (χ3n) is 3.03. The Morgan fingerprint density at radius 1 is 1.25 bits per heavy atom. The maximum atomic E-state index is 11.9. The number of amides is 1. The first-order chi connectivity index (χ1) is 11.6. The van der Waals surface area contributed by atoms with Crippen LogP contribution in [0.1, 0.15) is 11.1 Å². The topological polar surface area (TPSA) is 74.2 Å². The van der Waals surface area contributed by atoms with Crippen molar-refractivity contribution in [2.24, 2.45) is 0 Å². The first-order valence-electron chi connectivity index (χ1n) is 7.05. The molecule has 0 aliphatic rings. The molecule has 0 heterocycles. The molecule has 5 nitrogen and oxygen atoms in total. The fourth-order valence-electron chi connectivity index (χ4n) is 1.87. The van der Waals surface area contributed by atoms with Crippen molar-refractivity contribution in [2.45, 2.75) is 0 Å². The van der Waals surface area contributed by atoms with Crippen LogP contribution in [-0.4, -0.2) is 18.1 Å². The molecular weight excluding hydrogens is 322 g/mol. The molecule has 0 aromatic heterocycles.